The number of rotatable bonds is 4. The summed E-state index contributed by atoms with van der Waals surface area (Å²) >= 11 is 0. The minimum atomic E-state index is -0.0554. The van der Waals surface area contributed by atoms with Crippen LogP contribution >= 0.6 is 0 Å². The third-order valence-corrected chi connectivity index (χ3v) is 15.7. The fourth-order valence-electron chi connectivity index (χ4n) is 11.7. The lowest BCUT2D eigenvalue weighted by molar-refractivity contribution is 0.296. The molecule has 0 radical (unpaired) electrons. The van der Waals surface area contributed by atoms with E-state index in [1.165, 1.54) is 83.7 Å². The molecule has 11 rings (SSSR count). The Hall–Kier alpha value is -6.20. The second kappa shape index (κ2) is 15.4. The molecule has 2 aliphatic heterocycles. The maximum Gasteiger partial charge on any atom is 0.226 e. The Morgan fingerprint density at radius 2 is 1.10 bits per heavy atom. The van der Waals surface area contributed by atoms with Gasteiger partial charge in [-0.1, -0.05) is 168 Å². The summed E-state index contributed by atoms with van der Waals surface area (Å²) < 4.78 is 12.8. The van der Waals surface area contributed by atoms with Gasteiger partial charge in [0.15, 0.2) is 0 Å². The number of fused-ring (bicyclic) bond motifs is 6. The van der Waals surface area contributed by atoms with Crippen molar-refractivity contribution >= 4 is 62.2 Å². The van der Waals surface area contributed by atoms with Crippen molar-refractivity contribution in [3.8, 4) is 11.1 Å². The zero-order chi connectivity index (χ0) is 47.8. The molecular formula is C63H67BN2O2. The molecule has 0 amide bonds. The lowest BCUT2D eigenvalue weighted by Gasteiger charge is -2.54. The summed E-state index contributed by atoms with van der Waals surface area (Å²) in [6, 6.07) is 39.1. The second-order valence-electron chi connectivity index (χ2n) is 24.4. The van der Waals surface area contributed by atoms with Crippen LogP contribution in [0.15, 0.2) is 166 Å². The van der Waals surface area contributed by atoms with E-state index < -0.39 is 0 Å². The average molecular weight is 895 g/mol. The summed E-state index contributed by atoms with van der Waals surface area (Å²) in [5.41, 5.74) is 20.9. The first-order valence-electron chi connectivity index (χ1n) is 24.9. The molecule has 4 nitrogen and oxygen atoms in total. The van der Waals surface area contributed by atoms with Gasteiger partial charge in [-0.15, -0.1) is 0 Å². The number of benzene rings is 5. The van der Waals surface area contributed by atoms with Crippen molar-refractivity contribution in [2.24, 2.45) is 11.3 Å². The van der Waals surface area contributed by atoms with E-state index in [0.717, 1.165) is 28.5 Å². The van der Waals surface area contributed by atoms with E-state index in [9.17, 15) is 0 Å². The highest BCUT2D eigenvalue weighted by Gasteiger charge is 2.53. The number of para-hydroxylation sites is 2. The molecule has 3 atom stereocenters. The average Bonchev–Trinajstić information content (AvgIpc) is 3.92. The molecule has 0 saturated heterocycles. The molecule has 4 aliphatic rings. The molecule has 7 aromatic rings. The summed E-state index contributed by atoms with van der Waals surface area (Å²) in [6.07, 6.45) is 15.0. The number of furan rings is 2. The SMILES string of the molecule is CC1=CC2C3B(c4cc(C(C)(C)C)ccc4N(C4=C(c5coc6ccccc56)CC(C(C)(C)C)C=C4)C3=C1)c1cc(C(C)(C)C)ccc1N2c1ccc(C(C)(C)C)cc1-c1coc2ccccc12. The summed E-state index contributed by atoms with van der Waals surface area (Å²) in [6.45, 7) is 30.6. The lowest BCUT2D eigenvalue weighted by Crippen LogP contribution is -2.64. The van der Waals surface area contributed by atoms with Gasteiger partial charge >= 0.3 is 0 Å². The molecule has 0 N–H and O–H groups in total. The molecule has 2 aliphatic carbocycles. The van der Waals surface area contributed by atoms with Gasteiger partial charge in [0, 0.05) is 61.7 Å². The van der Waals surface area contributed by atoms with Crippen LogP contribution in [-0.2, 0) is 16.2 Å². The van der Waals surface area contributed by atoms with E-state index in [1.54, 1.807) is 0 Å². The lowest BCUT2D eigenvalue weighted by atomic mass is 9.28. The van der Waals surface area contributed by atoms with E-state index >= 15 is 0 Å². The minimum Gasteiger partial charge on any atom is -0.464 e. The van der Waals surface area contributed by atoms with Crippen LogP contribution in [0.3, 0.4) is 0 Å². The first-order valence-corrected chi connectivity index (χ1v) is 24.9. The zero-order valence-corrected chi connectivity index (χ0v) is 42.5. The van der Waals surface area contributed by atoms with E-state index in [1.807, 2.05) is 12.5 Å². The molecule has 344 valence electrons. The van der Waals surface area contributed by atoms with Gasteiger partial charge in [0.25, 0.3) is 0 Å². The van der Waals surface area contributed by atoms with E-state index in [2.05, 4.69) is 227 Å². The Kier molecular flexibility index (Phi) is 10.0. The monoisotopic (exact) mass is 895 g/mol. The first kappa shape index (κ1) is 44.3. The van der Waals surface area contributed by atoms with E-state index in [-0.39, 0.29) is 40.2 Å². The fourth-order valence-corrected chi connectivity index (χ4v) is 11.7. The second-order valence-corrected chi connectivity index (χ2v) is 24.4. The van der Waals surface area contributed by atoms with Crippen molar-refractivity contribution in [1.29, 1.82) is 0 Å². The molecule has 0 spiro atoms. The number of hydrogen-bond acceptors (Lipinski definition) is 4. The maximum absolute atomic E-state index is 6.39. The predicted octanol–water partition coefficient (Wildman–Crippen LogP) is 15.9. The van der Waals surface area contributed by atoms with E-state index in [4.69, 9.17) is 8.83 Å². The minimum absolute atomic E-state index is 0.00645. The molecule has 4 heterocycles. The largest absolute Gasteiger partial charge is 0.464 e. The third-order valence-electron chi connectivity index (χ3n) is 15.7. The summed E-state index contributed by atoms with van der Waals surface area (Å²) in [5.74, 6) is 0.426. The maximum atomic E-state index is 6.39. The van der Waals surface area contributed by atoms with Crippen LogP contribution < -0.4 is 20.7 Å². The first-order chi connectivity index (χ1) is 32.2. The van der Waals surface area contributed by atoms with Crippen LogP contribution in [0.4, 0.5) is 17.1 Å². The molecule has 5 heteroatoms. The zero-order valence-electron chi connectivity index (χ0n) is 42.5. The molecule has 68 heavy (non-hydrogen) atoms. The number of nitrogens with zero attached hydrogens (tertiary/aromatic N) is 2. The molecule has 3 unspecified atom stereocenters. The van der Waals surface area contributed by atoms with Crippen LogP contribution in [0, 0.1) is 11.3 Å². The predicted molar refractivity (Wildman–Crippen MR) is 289 cm³/mol. The smallest absolute Gasteiger partial charge is 0.226 e. The summed E-state index contributed by atoms with van der Waals surface area (Å²) in [7, 11) is 0. The third kappa shape index (κ3) is 7.17. The van der Waals surface area contributed by atoms with Crippen LogP contribution in [0.2, 0.25) is 5.82 Å². The van der Waals surface area contributed by atoms with Gasteiger partial charge in [-0.05, 0) is 123 Å². The summed E-state index contributed by atoms with van der Waals surface area (Å²) in [4.78, 5) is 5.40. The van der Waals surface area contributed by atoms with Gasteiger partial charge in [-0.2, -0.15) is 0 Å². The molecule has 5 aromatic carbocycles. The van der Waals surface area contributed by atoms with Crippen molar-refractivity contribution in [1.82, 2.24) is 0 Å². The van der Waals surface area contributed by atoms with Crippen molar-refractivity contribution in [2.75, 3.05) is 9.80 Å². The highest BCUT2D eigenvalue weighted by Crippen LogP contribution is 2.55. The van der Waals surface area contributed by atoms with E-state index in [0.29, 0.717) is 5.92 Å². The number of anilines is 3. The molecule has 0 bridgehead atoms. The van der Waals surface area contributed by atoms with Crippen molar-refractivity contribution in [3.05, 3.63) is 179 Å². The topological polar surface area (TPSA) is 32.8 Å². The van der Waals surface area contributed by atoms with Gasteiger partial charge in [0.2, 0.25) is 6.71 Å². The van der Waals surface area contributed by atoms with Crippen molar-refractivity contribution in [3.63, 3.8) is 0 Å². The number of hydrogen-bond donors (Lipinski definition) is 0. The number of allylic oxidation sites excluding steroid dienone is 5. The Labute approximate surface area is 405 Å². The Bertz CT molecular complexity index is 3300. The quantitative estimate of drug-likeness (QED) is 0.165. The standard InChI is InChI=1S/C63H67BN2O2/c1-38-30-55-59-56(31-38)66(52-27-23-40(61(5,6)7)33-46(52)48-37-68-58-21-17-15-19-44(48)58)54-29-25-42(63(11,12)13)35-50(54)64(59)49-34-41(62(8,9)10)24-28-53(49)65(55)51-26-22-39(60(2,3)4)32-45(51)47-36-67-57-20-16-14-18-43(47)57/h14-32,34-37,40,55,59H,33H2,1-13H3. The van der Waals surface area contributed by atoms with Gasteiger partial charge < -0.3 is 18.6 Å². The Morgan fingerprint density at radius 1 is 0.574 bits per heavy atom. The van der Waals surface area contributed by atoms with Crippen LogP contribution in [0.1, 0.15) is 119 Å². The molecule has 0 saturated carbocycles. The Balaban J connectivity index is 1.23. The van der Waals surface area contributed by atoms with Crippen LogP contribution in [0.25, 0.3) is 38.6 Å². The highest BCUT2D eigenvalue weighted by molar-refractivity contribution is 6.90. The van der Waals surface area contributed by atoms with Gasteiger partial charge in [0.1, 0.15) is 11.2 Å². The highest BCUT2D eigenvalue weighted by atomic mass is 16.3. The van der Waals surface area contributed by atoms with Crippen molar-refractivity contribution < 1.29 is 8.83 Å². The van der Waals surface area contributed by atoms with Gasteiger partial charge in [-0.3, -0.25) is 0 Å². The van der Waals surface area contributed by atoms with Crippen molar-refractivity contribution in [2.45, 2.75) is 125 Å². The summed E-state index contributed by atoms with van der Waals surface area (Å²) in [5, 5.41) is 2.29. The van der Waals surface area contributed by atoms with Crippen LogP contribution in [-0.4, -0.2) is 12.8 Å². The van der Waals surface area contributed by atoms with Crippen LogP contribution in [0.5, 0.6) is 0 Å². The van der Waals surface area contributed by atoms with Gasteiger partial charge in [0.05, 0.1) is 18.6 Å². The Morgan fingerprint density at radius 3 is 1.71 bits per heavy atom. The molecular weight excluding hydrogens is 828 g/mol. The fraction of sp³-hybridized carbons (Fsp3) is 0.333. The molecule has 0 fully saturated rings. The molecule has 2 aromatic heterocycles. The van der Waals surface area contributed by atoms with Gasteiger partial charge in [-0.25, -0.2) is 0 Å². The normalized spacial score (nSPS) is 19.6.